The first-order chi connectivity index (χ1) is 9.55. The van der Waals surface area contributed by atoms with E-state index in [0.29, 0.717) is 0 Å². The molecule has 2 N–H and O–H groups in total. The van der Waals surface area contributed by atoms with Crippen LogP contribution in [0.5, 0.6) is 0 Å². The van der Waals surface area contributed by atoms with Crippen molar-refractivity contribution in [3.8, 4) is 0 Å². The van der Waals surface area contributed by atoms with Crippen LogP contribution in [0.15, 0.2) is 12.1 Å². The number of benzene rings is 1. The molecule has 1 nitrogen and oxygen atoms in total. The molecule has 2 rings (SSSR count). The van der Waals surface area contributed by atoms with Crippen molar-refractivity contribution in [2.24, 2.45) is 23.5 Å². The van der Waals surface area contributed by atoms with E-state index in [2.05, 4.69) is 39.8 Å². The molecule has 1 aromatic carbocycles. The molecule has 1 aromatic rings. The number of hydrogen-bond donors (Lipinski definition) is 1. The third kappa shape index (κ3) is 3.44. The van der Waals surface area contributed by atoms with Crippen LogP contribution in [0.25, 0.3) is 0 Å². The molecule has 0 radical (unpaired) electrons. The Bertz CT molecular complexity index is 426. The van der Waals surface area contributed by atoms with E-state index in [1.165, 1.54) is 48.8 Å². The molecule has 1 saturated carbocycles. The van der Waals surface area contributed by atoms with Gasteiger partial charge in [0.05, 0.1) is 0 Å². The molecule has 1 aliphatic rings. The van der Waals surface area contributed by atoms with Crippen molar-refractivity contribution in [3.63, 3.8) is 0 Å². The van der Waals surface area contributed by atoms with Gasteiger partial charge in [0, 0.05) is 0 Å². The molecule has 3 unspecified atom stereocenters. The molecule has 0 spiro atoms. The molecule has 112 valence electrons. The Labute approximate surface area is 125 Å². The normalized spacial score (nSPS) is 26.8. The molecule has 0 aliphatic heterocycles. The van der Waals surface area contributed by atoms with Crippen LogP contribution in [-0.2, 0) is 6.42 Å². The van der Waals surface area contributed by atoms with Gasteiger partial charge >= 0.3 is 0 Å². The smallest absolute Gasteiger partial charge is 0.00461 e. The SMILES string of the molecule is CCC1CCC(CN)C(Cc2c(C)cc(C)cc2C)C1. The van der Waals surface area contributed by atoms with E-state index in [1.54, 1.807) is 5.56 Å². The monoisotopic (exact) mass is 273 g/mol. The minimum absolute atomic E-state index is 0.734. The summed E-state index contributed by atoms with van der Waals surface area (Å²) < 4.78 is 0. The third-order valence-corrected chi connectivity index (χ3v) is 5.44. The highest BCUT2D eigenvalue weighted by molar-refractivity contribution is 5.37. The zero-order valence-corrected chi connectivity index (χ0v) is 13.7. The summed E-state index contributed by atoms with van der Waals surface area (Å²) in [5.41, 5.74) is 11.9. The molecule has 20 heavy (non-hydrogen) atoms. The number of rotatable bonds is 4. The van der Waals surface area contributed by atoms with E-state index in [9.17, 15) is 0 Å². The third-order valence-electron chi connectivity index (χ3n) is 5.44. The molecular formula is C19H31N. The van der Waals surface area contributed by atoms with E-state index in [1.807, 2.05) is 0 Å². The van der Waals surface area contributed by atoms with Crippen molar-refractivity contribution in [2.45, 2.75) is 59.8 Å². The predicted octanol–water partition coefficient (Wildman–Crippen LogP) is 4.56. The van der Waals surface area contributed by atoms with Crippen LogP contribution in [0, 0.1) is 38.5 Å². The van der Waals surface area contributed by atoms with Crippen molar-refractivity contribution < 1.29 is 0 Å². The Morgan fingerprint density at radius 2 is 1.70 bits per heavy atom. The van der Waals surface area contributed by atoms with Crippen LogP contribution in [0.4, 0.5) is 0 Å². The Hall–Kier alpha value is -0.820. The Morgan fingerprint density at radius 1 is 1.05 bits per heavy atom. The lowest BCUT2D eigenvalue weighted by molar-refractivity contribution is 0.179. The van der Waals surface area contributed by atoms with Crippen molar-refractivity contribution in [2.75, 3.05) is 6.54 Å². The fraction of sp³-hybridized carbons (Fsp3) is 0.684. The summed E-state index contributed by atoms with van der Waals surface area (Å²) in [7, 11) is 0. The molecule has 0 amide bonds. The summed E-state index contributed by atoms with van der Waals surface area (Å²) in [6.45, 7) is 9.94. The minimum Gasteiger partial charge on any atom is -0.330 e. The van der Waals surface area contributed by atoms with Crippen molar-refractivity contribution in [3.05, 3.63) is 34.4 Å². The first kappa shape index (κ1) is 15.6. The summed E-state index contributed by atoms with van der Waals surface area (Å²) in [6, 6.07) is 4.67. The second kappa shape index (κ2) is 6.76. The number of hydrogen-bond acceptors (Lipinski definition) is 1. The first-order valence-corrected chi connectivity index (χ1v) is 8.31. The number of nitrogens with two attached hydrogens (primary N) is 1. The molecule has 0 heterocycles. The lowest BCUT2D eigenvalue weighted by Gasteiger charge is -2.36. The Balaban J connectivity index is 2.18. The quantitative estimate of drug-likeness (QED) is 0.855. The van der Waals surface area contributed by atoms with Crippen LogP contribution >= 0.6 is 0 Å². The van der Waals surface area contributed by atoms with Crippen molar-refractivity contribution in [1.29, 1.82) is 0 Å². The largest absolute Gasteiger partial charge is 0.330 e. The van der Waals surface area contributed by atoms with Crippen LogP contribution in [0.3, 0.4) is 0 Å². The molecule has 0 aromatic heterocycles. The van der Waals surface area contributed by atoms with Crippen LogP contribution in [0.2, 0.25) is 0 Å². The van der Waals surface area contributed by atoms with Gasteiger partial charge in [-0.1, -0.05) is 37.5 Å². The molecule has 1 fully saturated rings. The van der Waals surface area contributed by atoms with Crippen LogP contribution in [0.1, 0.15) is 54.9 Å². The summed E-state index contributed by atoms with van der Waals surface area (Å²) >= 11 is 0. The molecule has 1 aliphatic carbocycles. The lowest BCUT2D eigenvalue weighted by Crippen LogP contribution is -2.32. The molecular weight excluding hydrogens is 242 g/mol. The highest BCUT2D eigenvalue weighted by Crippen LogP contribution is 2.37. The molecule has 3 atom stereocenters. The summed E-state index contributed by atoms with van der Waals surface area (Å²) in [5, 5.41) is 0. The minimum atomic E-state index is 0.734. The first-order valence-electron chi connectivity index (χ1n) is 8.31. The lowest BCUT2D eigenvalue weighted by atomic mass is 9.70. The zero-order chi connectivity index (χ0) is 14.7. The summed E-state index contributed by atoms with van der Waals surface area (Å²) in [4.78, 5) is 0. The van der Waals surface area contributed by atoms with Gasteiger partial charge in [0.15, 0.2) is 0 Å². The van der Waals surface area contributed by atoms with Gasteiger partial charge in [0.2, 0.25) is 0 Å². The van der Waals surface area contributed by atoms with Crippen LogP contribution in [-0.4, -0.2) is 6.54 Å². The predicted molar refractivity (Wildman–Crippen MR) is 88.0 cm³/mol. The van der Waals surface area contributed by atoms with E-state index >= 15 is 0 Å². The van der Waals surface area contributed by atoms with Gasteiger partial charge < -0.3 is 5.73 Å². The topological polar surface area (TPSA) is 26.0 Å². The average molecular weight is 273 g/mol. The van der Waals surface area contributed by atoms with Crippen molar-refractivity contribution >= 4 is 0 Å². The fourth-order valence-electron chi connectivity index (χ4n) is 4.15. The van der Waals surface area contributed by atoms with Gasteiger partial charge in [-0.2, -0.15) is 0 Å². The molecule has 0 saturated heterocycles. The molecule has 1 heteroatoms. The van der Waals surface area contributed by atoms with Gasteiger partial charge in [0.1, 0.15) is 0 Å². The highest BCUT2D eigenvalue weighted by atomic mass is 14.6. The van der Waals surface area contributed by atoms with E-state index in [0.717, 1.165) is 24.3 Å². The average Bonchev–Trinajstić information content (AvgIpc) is 2.42. The zero-order valence-electron chi connectivity index (χ0n) is 13.7. The summed E-state index contributed by atoms with van der Waals surface area (Å²) in [5.74, 6) is 2.45. The summed E-state index contributed by atoms with van der Waals surface area (Å²) in [6.07, 6.45) is 6.67. The van der Waals surface area contributed by atoms with Gasteiger partial charge in [-0.25, -0.2) is 0 Å². The van der Waals surface area contributed by atoms with Gasteiger partial charge in [-0.05, 0) is 81.0 Å². The van der Waals surface area contributed by atoms with Gasteiger partial charge in [-0.15, -0.1) is 0 Å². The molecule has 0 bridgehead atoms. The fourth-order valence-corrected chi connectivity index (χ4v) is 4.15. The highest BCUT2D eigenvalue weighted by Gasteiger charge is 2.29. The maximum atomic E-state index is 6.03. The standard InChI is InChI=1S/C19H31N/c1-5-16-6-7-17(12-20)18(10-16)11-19-14(3)8-13(2)9-15(19)4/h8-9,16-18H,5-7,10-12,20H2,1-4H3. The van der Waals surface area contributed by atoms with E-state index < -0.39 is 0 Å². The van der Waals surface area contributed by atoms with Gasteiger partial charge in [0.25, 0.3) is 0 Å². The Kier molecular flexibility index (Phi) is 5.26. The second-order valence-corrected chi connectivity index (χ2v) is 6.92. The van der Waals surface area contributed by atoms with Crippen molar-refractivity contribution in [1.82, 2.24) is 0 Å². The maximum Gasteiger partial charge on any atom is -0.00461 e. The van der Waals surface area contributed by atoms with E-state index in [4.69, 9.17) is 5.73 Å². The second-order valence-electron chi connectivity index (χ2n) is 6.92. The maximum absolute atomic E-state index is 6.03. The van der Waals surface area contributed by atoms with Crippen LogP contribution < -0.4 is 5.73 Å². The van der Waals surface area contributed by atoms with E-state index in [-0.39, 0.29) is 0 Å². The Morgan fingerprint density at radius 3 is 2.25 bits per heavy atom. The number of aryl methyl sites for hydroxylation is 3. The van der Waals surface area contributed by atoms with Gasteiger partial charge in [-0.3, -0.25) is 0 Å².